The number of fused-ring (bicyclic) bond motifs is 1. The first-order valence-corrected chi connectivity index (χ1v) is 10.5. The molecule has 5 rings (SSSR count). The third kappa shape index (κ3) is 3.82. The van der Waals surface area contributed by atoms with Crippen LogP contribution in [-0.4, -0.2) is 18.2 Å². The van der Waals surface area contributed by atoms with Crippen LogP contribution in [0.4, 0.5) is 5.69 Å². The van der Waals surface area contributed by atoms with Crippen LogP contribution in [0.5, 0.6) is 11.5 Å². The average molecular weight is 414 g/mol. The Bertz CT molecular complexity index is 1150. The molecule has 30 heavy (non-hydrogen) atoms. The van der Waals surface area contributed by atoms with Gasteiger partial charge in [-0.3, -0.25) is 0 Å². The van der Waals surface area contributed by atoms with Gasteiger partial charge in [-0.1, -0.05) is 59.8 Å². The molecule has 0 spiro atoms. The van der Waals surface area contributed by atoms with Crippen molar-refractivity contribution in [2.45, 2.75) is 6.92 Å². The van der Waals surface area contributed by atoms with E-state index in [1.807, 2.05) is 53.5 Å². The molecule has 0 aromatic heterocycles. The van der Waals surface area contributed by atoms with Crippen LogP contribution >= 0.6 is 11.8 Å². The minimum Gasteiger partial charge on any atom is -0.454 e. The van der Waals surface area contributed by atoms with Crippen molar-refractivity contribution in [3.8, 4) is 11.5 Å². The molecular weight excluding hydrogens is 394 g/mol. The van der Waals surface area contributed by atoms with Gasteiger partial charge in [0.25, 0.3) is 0 Å². The molecule has 0 saturated carbocycles. The van der Waals surface area contributed by atoms with E-state index in [4.69, 9.17) is 14.6 Å². The normalized spacial score (nSPS) is 15.3. The molecule has 2 heterocycles. The monoisotopic (exact) mass is 413 g/mol. The lowest BCUT2D eigenvalue weighted by Crippen LogP contribution is -2.19. The summed E-state index contributed by atoms with van der Waals surface area (Å²) in [4.78, 5) is 4.60. The van der Waals surface area contributed by atoms with Gasteiger partial charge in [0, 0.05) is 17.2 Å². The van der Waals surface area contributed by atoms with Crippen LogP contribution in [0.1, 0.15) is 16.7 Å². The number of hydrazone groups is 1. The second kappa shape index (κ2) is 8.08. The van der Waals surface area contributed by atoms with Crippen LogP contribution in [0.3, 0.4) is 0 Å². The maximum Gasteiger partial charge on any atom is 0.231 e. The van der Waals surface area contributed by atoms with Crippen molar-refractivity contribution in [2.24, 2.45) is 10.1 Å². The van der Waals surface area contributed by atoms with Gasteiger partial charge in [0.15, 0.2) is 11.5 Å². The fraction of sp³-hybridized carbons (Fsp3) is 0.0833. The quantitative estimate of drug-likeness (QED) is 0.520. The molecule has 0 fully saturated rings. The van der Waals surface area contributed by atoms with Gasteiger partial charge in [-0.15, -0.1) is 5.10 Å². The second-order valence-electron chi connectivity index (χ2n) is 6.89. The lowest BCUT2D eigenvalue weighted by atomic mass is 10.1. The van der Waals surface area contributed by atoms with Crippen molar-refractivity contribution >= 4 is 34.5 Å². The molecule has 0 atom stereocenters. The van der Waals surface area contributed by atoms with Crippen LogP contribution in [0, 0.1) is 6.92 Å². The van der Waals surface area contributed by atoms with E-state index in [9.17, 15) is 0 Å². The zero-order chi connectivity index (χ0) is 20.3. The summed E-state index contributed by atoms with van der Waals surface area (Å²) in [6, 6.07) is 24.3. The maximum atomic E-state index is 5.44. The highest BCUT2D eigenvalue weighted by molar-refractivity contribution is 8.16. The van der Waals surface area contributed by atoms with Gasteiger partial charge < -0.3 is 9.47 Å². The zero-order valence-electron chi connectivity index (χ0n) is 16.4. The molecule has 2 aliphatic heterocycles. The van der Waals surface area contributed by atoms with Crippen LogP contribution < -0.4 is 14.5 Å². The van der Waals surface area contributed by atoms with E-state index in [1.54, 1.807) is 6.21 Å². The Morgan fingerprint density at radius 2 is 1.77 bits per heavy atom. The number of amidine groups is 1. The van der Waals surface area contributed by atoms with E-state index >= 15 is 0 Å². The third-order valence-electron chi connectivity index (χ3n) is 4.76. The first-order valence-electron chi connectivity index (χ1n) is 9.58. The Hall–Kier alpha value is -3.51. The van der Waals surface area contributed by atoms with E-state index in [-0.39, 0.29) is 6.79 Å². The molecule has 0 bridgehead atoms. The number of aryl methyl sites for hydroxylation is 1. The van der Waals surface area contributed by atoms with Gasteiger partial charge in [-0.05, 0) is 42.8 Å². The number of para-hydroxylation sites is 1. The van der Waals surface area contributed by atoms with Crippen molar-refractivity contribution in [2.75, 3.05) is 11.8 Å². The summed E-state index contributed by atoms with van der Waals surface area (Å²) in [7, 11) is 0. The van der Waals surface area contributed by atoms with E-state index in [2.05, 4.69) is 41.6 Å². The molecule has 2 aliphatic rings. The summed E-state index contributed by atoms with van der Waals surface area (Å²) in [5.74, 6) is 1.50. The Labute approximate surface area is 179 Å². The number of hydrogen-bond donors (Lipinski definition) is 0. The molecule has 0 saturated heterocycles. The van der Waals surface area contributed by atoms with Gasteiger partial charge in [0.05, 0.1) is 11.4 Å². The topological polar surface area (TPSA) is 46.4 Å². The van der Waals surface area contributed by atoms with E-state index < -0.39 is 0 Å². The van der Waals surface area contributed by atoms with Gasteiger partial charge in [-0.25, -0.2) is 10.0 Å². The Morgan fingerprint density at radius 1 is 0.967 bits per heavy atom. The molecule has 5 nitrogen and oxygen atoms in total. The number of aliphatic imine (C=N–C) groups is 1. The number of ether oxygens (including phenoxy) is 2. The van der Waals surface area contributed by atoms with Gasteiger partial charge in [0.2, 0.25) is 12.0 Å². The standard InChI is InChI=1S/C24H19N3O2S/c1-17-7-10-19(11-8-17)21-15-30-24(26-27(21)20-5-3-2-4-6-20)25-14-18-9-12-22-23(13-18)29-16-28-22/h2-15H,16H2,1H3/b25-14+. The fourth-order valence-electron chi connectivity index (χ4n) is 3.18. The van der Waals surface area contributed by atoms with Crippen LogP contribution in [0.25, 0.3) is 5.70 Å². The van der Waals surface area contributed by atoms with Crippen molar-refractivity contribution in [1.29, 1.82) is 0 Å². The summed E-state index contributed by atoms with van der Waals surface area (Å²) in [5, 5.41) is 9.50. The van der Waals surface area contributed by atoms with Gasteiger partial charge >= 0.3 is 0 Å². The summed E-state index contributed by atoms with van der Waals surface area (Å²) in [5.41, 5.74) is 5.28. The van der Waals surface area contributed by atoms with E-state index in [1.165, 1.54) is 17.3 Å². The molecule has 0 amide bonds. The minimum atomic E-state index is 0.261. The number of nitrogens with zero attached hydrogens (tertiary/aromatic N) is 3. The highest BCUT2D eigenvalue weighted by Gasteiger charge is 2.19. The Morgan fingerprint density at radius 3 is 2.60 bits per heavy atom. The minimum absolute atomic E-state index is 0.261. The number of anilines is 1. The highest BCUT2D eigenvalue weighted by Crippen LogP contribution is 2.34. The summed E-state index contributed by atoms with van der Waals surface area (Å²) in [6.07, 6.45) is 1.79. The molecule has 0 aliphatic carbocycles. The van der Waals surface area contributed by atoms with E-state index in [0.29, 0.717) is 5.17 Å². The third-order valence-corrected chi connectivity index (χ3v) is 5.50. The Balaban J connectivity index is 1.45. The van der Waals surface area contributed by atoms with Crippen molar-refractivity contribution in [1.82, 2.24) is 0 Å². The van der Waals surface area contributed by atoms with Gasteiger partial charge in [-0.2, -0.15) is 0 Å². The number of benzene rings is 3. The SMILES string of the molecule is Cc1ccc(C2=CSC(/N=C/c3ccc4c(c3)OCO4)=NN2c2ccccc2)cc1. The smallest absolute Gasteiger partial charge is 0.231 e. The second-order valence-corrected chi connectivity index (χ2v) is 7.72. The number of hydrogen-bond acceptors (Lipinski definition) is 6. The largest absolute Gasteiger partial charge is 0.454 e. The molecule has 148 valence electrons. The molecule has 0 radical (unpaired) electrons. The summed E-state index contributed by atoms with van der Waals surface area (Å²) < 4.78 is 10.8. The van der Waals surface area contributed by atoms with E-state index in [0.717, 1.165) is 34.0 Å². The predicted molar refractivity (Wildman–Crippen MR) is 123 cm³/mol. The maximum absolute atomic E-state index is 5.44. The first-order chi connectivity index (χ1) is 14.8. The highest BCUT2D eigenvalue weighted by atomic mass is 32.2. The van der Waals surface area contributed by atoms with Gasteiger partial charge in [0.1, 0.15) is 0 Å². The first kappa shape index (κ1) is 18.5. The summed E-state index contributed by atoms with van der Waals surface area (Å²) in [6.45, 7) is 2.35. The Kier molecular flexibility index (Phi) is 4.99. The van der Waals surface area contributed by atoms with Crippen LogP contribution in [0.2, 0.25) is 0 Å². The van der Waals surface area contributed by atoms with Crippen molar-refractivity contribution in [3.63, 3.8) is 0 Å². The zero-order valence-corrected chi connectivity index (χ0v) is 17.2. The van der Waals surface area contributed by atoms with Crippen molar-refractivity contribution in [3.05, 3.63) is 94.9 Å². The lowest BCUT2D eigenvalue weighted by Gasteiger charge is -2.26. The lowest BCUT2D eigenvalue weighted by molar-refractivity contribution is 0.174. The molecule has 0 unspecified atom stereocenters. The van der Waals surface area contributed by atoms with Crippen LogP contribution in [0.15, 0.2) is 88.3 Å². The van der Waals surface area contributed by atoms with Crippen LogP contribution in [-0.2, 0) is 0 Å². The summed E-state index contributed by atoms with van der Waals surface area (Å²) >= 11 is 1.51. The number of thioether (sulfide) groups is 1. The van der Waals surface area contributed by atoms with Crippen molar-refractivity contribution < 1.29 is 9.47 Å². The molecule has 3 aromatic carbocycles. The molecule has 3 aromatic rings. The molecule has 6 heteroatoms. The molecular formula is C24H19N3O2S. The average Bonchev–Trinajstić information content (AvgIpc) is 3.27. The fourth-order valence-corrected chi connectivity index (χ4v) is 3.88. The molecule has 0 N–H and O–H groups in total. The number of rotatable bonds is 3. The predicted octanol–water partition coefficient (Wildman–Crippen LogP) is 5.67.